The van der Waals surface area contributed by atoms with Gasteiger partial charge in [-0.05, 0) is 64.3 Å². The molecule has 2 aliphatic rings. The van der Waals surface area contributed by atoms with Gasteiger partial charge in [0.1, 0.15) is 11.5 Å². The van der Waals surface area contributed by atoms with Gasteiger partial charge < -0.3 is 10.2 Å². The Morgan fingerprint density at radius 1 is 1.19 bits per heavy atom. The number of aromatic nitrogens is 2. The van der Waals surface area contributed by atoms with Crippen LogP contribution >= 0.6 is 0 Å². The lowest BCUT2D eigenvalue weighted by atomic mass is 10.1. The lowest BCUT2D eigenvalue weighted by Crippen LogP contribution is -2.27. The van der Waals surface area contributed by atoms with E-state index in [9.17, 15) is 8.78 Å². The molecule has 2 fully saturated rings. The van der Waals surface area contributed by atoms with Gasteiger partial charge in [0.15, 0.2) is 5.82 Å². The Kier molecular flexibility index (Phi) is 4.80. The molecule has 0 bridgehead atoms. The molecule has 1 saturated heterocycles. The van der Waals surface area contributed by atoms with Gasteiger partial charge in [0.25, 0.3) is 0 Å². The molecule has 1 aliphatic heterocycles. The molecule has 0 radical (unpaired) electrons. The molecule has 1 aromatic carbocycles. The van der Waals surface area contributed by atoms with E-state index in [2.05, 4.69) is 15.3 Å². The Morgan fingerprint density at radius 2 is 2.00 bits per heavy atom. The van der Waals surface area contributed by atoms with Crippen LogP contribution in [0, 0.1) is 31.4 Å². The lowest BCUT2D eigenvalue weighted by Gasteiger charge is -2.15. The number of aryl methyl sites for hydroxylation is 1. The summed E-state index contributed by atoms with van der Waals surface area (Å²) in [6.07, 6.45) is 4.01. The number of nitrogens with zero attached hydrogens (tertiary/aromatic N) is 3. The monoisotopic (exact) mass is 360 g/mol. The molecule has 0 unspecified atom stereocenters. The fourth-order valence-electron chi connectivity index (χ4n) is 4.02. The Hall–Kier alpha value is -1.79. The molecule has 1 N–H and O–H groups in total. The van der Waals surface area contributed by atoms with Crippen molar-refractivity contribution in [3.63, 3.8) is 0 Å². The summed E-state index contributed by atoms with van der Waals surface area (Å²) in [5.74, 6) is -0.464. The third kappa shape index (κ3) is 3.53. The standard InChI is InChI=1S/C20H26F2N4/c1-13-18(11-23-10-15-7-8-25(12-15)17-4-5-17)14(2)26(24-13)20-6-3-16(21)9-19(20)22/h3,6,9,15,17,23H,4-5,7-8,10-12H2,1-2H3/t15-/m0/s1. The third-order valence-corrected chi connectivity index (χ3v) is 5.69. The van der Waals surface area contributed by atoms with Crippen LogP contribution in [0.25, 0.3) is 5.69 Å². The fraction of sp³-hybridized carbons (Fsp3) is 0.550. The number of nitrogens with one attached hydrogen (secondary N) is 1. The summed E-state index contributed by atoms with van der Waals surface area (Å²) in [5.41, 5.74) is 3.15. The van der Waals surface area contributed by atoms with Gasteiger partial charge in [-0.1, -0.05) is 0 Å². The average molecular weight is 360 g/mol. The second-order valence-corrected chi connectivity index (χ2v) is 7.67. The normalized spacial score (nSPS) is 20.8. The van der Waals surface area contributed by atoms with Crippen LogP contribution in [0.5, 0.6) is 0 Å². The van der Waals surface area contributed by atoms with E-state index in [0.717, 1.165) is 42.1 Å². The SMILES string of the molecule is Cc1nn(-c2ccc(F)cc2F)c(C)c1CNC[C@@H]1CCN(C2CC2)C1. The summed E-state index contributed by atoms with van der Waals surface area (Å²) < 4.78 is 28.8. The Morgan fingerprint density at radius 3 is 2.73 bits per heavy atom. The van der Waals surface area contributed by atoms with E-state index in [4.69, 9.17) is 0 Å². The van der Waals surface area contributed by atoms with E-state index in [1.807, 2.05) is 13.8 Å². The second-order valence-electron chi connectivity index (χ2n) is 7.67. The van der Waals surface area contributed by atoms with E-state index in [0.29, 0.717) is 5.92 Å². The van der Waals surface area contributed by atoms with Gasteiger partial charge in [-0.2, -0.15) is 5.10 Å². The van der Waals surface area contributed by atoms with Crippen LogP contribution in [0.1, 0.15) is 36.2 Å². The molecular formula is C20H26F2N4. The minimum absolute atomic E-state index is 0.286. The van der Waals surface area contributed by atoms with Crippen LogP contribution < -0.4 is 5.32 Å². The highest BCUT2D eigenvalue weighted by atomic mass is 19.1. The van der Waals surface area contributed by atoms with Crippen molar-refractivity contribution in [2.24, 2.45) is 5.92 Å². The van der Waals surface area contributed by atoms with E-state index in [1.54, 1.807) is 4.68 Å². The topological polar surface area (TPSA) is 33.1 Å². The van der Waals surface area contributed by atoms with Crippen LogP contribution in [0.2, 0.25) is 0 Å². The molecule has 0 spiro atoms. The average Bonchev–Trinajstić information content (AvgIpc) is 3.28. The summed E-state index contributed by atoms with van der Waals surface area (Å²) >= 11 is 0. The first-order valence-electron chi connectivity index (χ1n) is 9.48. The molecule has 0 amide bonds. The first kappa shape index (κ1) is 17.6. The molecule has 26 heavy (non-hydrogen) atoms. The number of hydrogen-bond donors (Lipinski definition) is 1. The Labute approximate surface area is 153 Å². The minimum Gasteiger partial charge on any atom is -0.312 e. The van der Waals surface area contributed by atoms with Crippen molar-refractivity contribution in [2.45, 2.75) is 45.7 Å². The van der Waals surface area contributed by atoms with Gasteiger partial charge in [-0.25, -0.2) is 13.5 Å². The van der Waals surface area contributed by atoms with Crippen LogP contribution in [0.3, 0.4) is 0 Å². The molecule has 1 saturated carbocycles. The van der Waals surface area contributed by atoms with Gasteiger partial charge in [-0.3, -0.25) is 0 Å². The number of likely N-dealkylation sites (tertiary alicyclic amines) is 1. The van der Waals surface area contributed by atoms with Crippen LogP contribution in [-0.4, -0.2) is 40.4 Å². The van der Waals surface area contributed by atoms with Crippen molar-refractivity contribution in [1.82, 2.24) is 20.0 Å². The van der Waals surface area contributed by atoms with Gasteiger partial charge in [0.2, 0.25) is 0 Å². The second kappa shape index (κ2) is 7.08. The zero-order valence-corrected chi connectivity index (χ0v) is 15.4. The van der Waals surface area contributed by atoms with Crippen LogP contribution in [0.4, 0.5) is 8.78 Å². The predicted octanol–water partition coefficient (Wildman–Crippen LogP) is 3.34. The summed E-state index contributed by atoms with van der Waals surface area (Å²) in [4.78, 5) is 2.62. The predicted molar refractivity (Wildman–Crippen MR) is 97.4 cm³/mol. The molecular weight excluding hydrogens is 334 g/mol. The van der Waals surface area contributed by atoms with Crippen LogP contribution in [0.15, 0.2) is 18.2 Å². The van der Waals surface area contributed by atoms with Crippen molar-refractivity contribution in [2.75, 3.05) is 19.6 Å². The van der Waals surface area contributed by atoms with E-state index >= 15 is 0 Å². The fourth-order valence-corrected chi connectivity index (χ4v) is 4.02. The third-order valence-electron chi connectivity index (χ3n) is 5.69. The molecule has 4 rings (SSSR count). The van der Waals surface area contributed by atoms with Gasteiger partial charge in [0, 0.05) is 36.5 Å². The van der Waals surface area contributed by atoms with Crippen molar-refractivity contribution >= 4 is 0 Å². The largest absolute Gasteiger partial charge is 0.312 e. The summed E-state index contributed by atoms with van der Waals surface area (Å²) in [6.45, 7) is 8.03. The maximum atomic E-state index is 14.1. The molecule has 1 aromatic heterocycles. The number of rotatable bonds is 6. The first-order chi connectivity index (χ1) is 12.5. The molecule has 4 nitrogen and oxygen atoms in total. The van der Waals surface area contributed by atoms with Crippen molar-refractivity contribution in [1.29, 1.82) is 0 Å². The maximum Gasteiger partial charge on any atom is 0.151 e. The lowest BCUT2D eigenvalue weighted by molar-refractivity contribution is 0.312. The maximum absolute atomic E-state index is 14.1. The minimum atomic E-state index is -0.596. The highest BCUT2D eigenvalue weighted by Crippen LogP contribution is 2.31. The van der Waals surface area contributed by atoms with Gasteiger partial charge >= 0.3 is 0 Å². The van der Waals surface area contributed by atoms with E-state index in [-0.39, 0.29) is 5.69 Å². The molecule has 2 aromatic rings. The van der Waals surface area contributed by atoms with Crippen molar-refractivity contribution in [3.8, 4) is 5.69 Å². The number of benzene rings is 1. The zero-order chi connectivity index (χ0) is 18.3. The first-order valence-corrected chi connectivity index (χ1v) is 9.48. The zero-order valence-electron chi connectivity index (χ0n) is 15.4. The smallest absolute Gasteiger partial charge is 0.151 e. The summed E-state index contributed by atoms with van der Waals surface area (Å²) in [5, 5.41) is 8.03. The molecule has 6 heteroatoms. The van der Waals surface area contributed by atoms with Crippen LogP contribution in [-0.2, 0) is 6.54 Å². The number of hydrogen-bond acceptors (Lipinski definition) is 3. The molecule has 140 valence electrons. The van der Waals surface area contributed by atoms with Crippen molar-refractivity contribution in [3.05, 3.63) is 46.8 Å². The highest BCUT2D eigenvalue weighted by Gasteiger charge is 2.34. The molecule has 1 aliphatic carbocycles. The van der Waals surface area contributed by atoms with Gasteiger partial charge in [0.05, 0.1) is 5.69 Å². The molecule has 2 heterocycles. The summed E-state index contributed by atoms with van der Waals surface area (Å²) in [7, 11) is 0. The highest BCUT2D eigenvalue weighted by molar-refractivity contribution is 5.38. The number of halogens is 2. The Balaban J connectivity index is 1.40. The van der Waals surface area contributed by atoms with Gasteiger partial charge in [-0.15, -0.1) is 0 Å². The Bertz CT molecular complexity index is 797. The van der Waals surface area contributed by atoms with Crippen molar-refractivity contribution < 1.29 is 8.78 Å². The van der Waals surface area contributed by atoms with E-state index < -0.39 is 11.6 Å². The summed E-state index contributed by atoms with van der Waals surface area (Å²) in [6, 6.07) is 4.45. The molecule has 1 atom stereocenters. The van der Waals surface area contributed by atoms with E-state index in [1.165, 1.54) is 44.5 Å². The quantitative estimate of drug-likeness (QED) is 0.858.